The van der Waals surface area contributed by atoms with Crippen molar-refractivity contribution in [2.24, 2.45) is 5.92 Å². The third kappa shape index (κ3) is 4.58. The molecule has 1 aromatic carbocycles. The number of carbonyl (C=O) groups excluding carboxylic acids is 1. The molecule has 0 heterocycles. The van der Waals surface area contributed by atoms with Gasteiger partial charge in [-0.05, 0) is 25.0 Å². The number of hydrogen-bond acceptors (Lipinski definition) is 4. The summed E-state index contributed by atoms with van der Waals surface area (Å²) >= 11 is 0. The van der Waals surface area contributed by atoms with Crippen LogP contribution in [0.4, 0.5) is 0 Å². The van der Waals surface area contributed by atoms with E-state index in [-0.39, 0.29) is 16.6 Å². The van der Waals surface area contributed by atoms with Crippen molar-refractivity contribution in [3.63, 3.8) is 0 Å². The van der Waals surface area contributed by atoms with E-state index in [0.29, 0.717) is 6.42 Å². The van der Waals surface area contributed by atoms with Crippen LogP contribution in [0.5, 0.6) is 0 Å². The van der Waals surface area contributed by atoms with Gasteiger partial charge in [0.15, 0.2) is 5.78 Å². The second-order valence-electron chi connectivity index (χ2n) is 4.67. The average Bonchev–Trinajstić information content (AvgIpc) is 2.26. The highest BCUT2D eigenvalue weighted by molar-refractivity contribution is 7.86. The maximum absolute atomic E-state index is 11.8. The van der Waals surface area contributed by atoms with Gasteiger partial charge in [0, 0.05) is 6.42 Å². The first-order valence-electron chi connectivity index (χ1n) is 5.79. The summed E-state index contributed by atoms with van der Waals surface area (Å²) in [7, 11) is -3.83. The molecule has 0 aromatic heterocycles. The van der Waals surface area contributed by atoms with Crippen molar-refractivity contribution in [3.8, 4) is 0 Å². The number of ketones is 1. The van der Waals surface area contributed by atoms with Gasteiger partial charge in [-0.15, -0.1) is 0 Å². The molecule has 5 heteroatoms. The summed E-state index contributed by atoms with van der Waals surface area (Å²) in [4.78, 5) is 11.5. The van der Waals surface area contributed by atoms with Gasteiger partial charge in [-0.1, -0.05) is 31.5 Å². The van der Waals surface area contributed by atoms with E-state index >= 15 is 0 Å². The normalized spacial score (nSPS) is 11.8. The van der Waals surface area contributed by atoms with Crippen LogP contribution in [-0.4, -0.2) is 20.8 Å². The SMILES string of the molecule is Cc1ccc(S(=O)(=O)OCC(=O)CC(C)C)cc1. The summed E-state index contributed by atoms with van der Waals surface area (Å²) in [5.74, 6) is -0.0103. The highest BCUT2D eigenvalue weighted by Gasteiger charge is 2.17. The van der Waals surface area contributed by atoms with Gasteiger partial charge in [0.25, 0.3) is 10.1 Å². The van der Waals surface area contributed by atoms with Gasteiger partial charge in [0.1, 0.15) is 6.61 Å². The third-order valence-electron chi connectivity index (χ3n) is 2.32. The first-order chi connectivity index (χ1) is 8.31. The van der Waals surface area contributed by atoms with Crippen molar-refractivity contribution < 1.29 is 17.4 Å². The van der Waals surface area contributed by atoms with Crippen molar-refractivity contribution >= 4 is 15.9 Å². The molecule has 0 amide bonds. The molecule has 0 unspecified atom stereocenters. The van der Waals surface area contributed by atoms with Crippen molar-refractivity contribution in [1.82, 2.24) is 0 Å². The number of benzene rings is 1. The van der Waals surface area contributed by atoms with Gasteiger partial charge in [0.05, 0.1) is 4.90 Å². The summed E-state index contributed by atoms with van der Waals surface area (Å²) < 4.78 is 28.3. The van der Waals surface area contributed by atoms with E-state index in [9.17, 15) is 13.2 Å². The minimum atomic E-state index is -3.83. The fraction of sp³-hybridized carbons (Fsp3) is 0.462. The molecule has 0 spiro atoms. The summed E-state index contributed by atoms with van der Waals surface area (Å²) in [6.45, 7) is 5.26. The van der Waals surface area contributed by atoms with Gasteiger partial charge < -0.3 is 0 Å². The largest absolute Gasteiger partial charge is 0.297 e. The highest BCUT2D eigenvalue weighted by atomic mass is 32.2. The molecular formula is C13H18O4S. The fourth-order valence-electron chi connectivity index (χ4n) is 1.43. The summed E-state index contributed by atoms with van der Waals surface area (Å²) in [6, 6.07) is 6.31. The second-order valence-corrected chi connectivity index (χ2v) is 6.28. The number of rotatable bonds is 6. The van der Waals surface area contributed by atoms with Crippen LogP contribution in [0.2, 0.25) is 0 Å². The molecule has 0 aliphatic rings. The number of carbonyl (C=O) groups is 1. The van der Waals surface area contributed by atoms with Crippen LogP contribution >= 0.6 is 0 Å². The van der Waals surface area contributed by atoms with E-state index in [4.69, 9.17) is 4.18 Å². The molecule has 100 valence electrons. The zero-order valence-electron chi connectivity index (χ0n) is 10.8. The molecule has 0 fully saturated rings. The highest BCUT2D eigenvalue weighted by Crippen LogP contribution is 2.13. The van der Waals surface area contributed by atoms with Crippen molar-refractivity contribution in [2.75, 3.05) is 6.61 Å². The Morgan fingerprint density at radius 3 is 2.28 bits per heavy atom. The van der Waals surface area contributed by atoms with Crippen molar-refractivity contribution in [1.29, 1.82) is 0 Å². The third-order valence-corrected chi connectivity index (χ3v) is 3.60. The van der Waals surface area contributed by atoms with Crippen LogP contribution < -0.4 is 0 Å². The van der Waals surface area contributed by atoms with Crippen LogP contribution in [0, 0.1) is 12.8 Å². The number of aryl methyl sites for hydroxylation is 1. The molecule has 1 rings (SSSR count). The Balaban J connectivity index is 2.66. The molecule has 1 aromatic rings. The quantitative estimate of drug-likeness (QED) is 0.744. The molecule has 0 aliphatic heterocycles. The predicted molar refractivity (Wildman–Crippen MR) is 68.8 cm³/mol. The first kappa shape index (κ1) is 14.9. The maximum atomic E-state index is 11.8. The molecule has 0 radical (unpaired) electrons. The topological polar surface area (TPSA) is 60.4 Å². The standard InChI is InChI=1S/C13H18O4S/c1-10(2)8-12(14)9-17-18(15,16)13-6-4-11(3)5-7-13/h4-7,10H,8-9H2,1-3H3. The number of hydrogen-bond donors (Lipinski definition) is 0. The summed E-state index contributed by atoms with van der Waals surface area (Å²) in [6.07, 6.45) is 0.323. The van der Waals surface area contributed by atoms with Gasteiger partial charge in [-0.2, -0.15) is 8.42 Å². The van der Waals surface area contributed by atoms with Crippen LogP contribution in [-0.2, 0) is 19.1 Å². The summed E-state index contributed by atoms with van der Waals surface area (Å²) in [5.41, 5.74) is 0.963. The molecule has 18 heavy (non-hydrogen) atoms. The summed E-state index contributed by atoms with van der Waals surface area (Å²) in [5, 5.41) is 0. The monoisotopic (exact) mass is 270 g/mol. The maximum Gasteiger partial charge on any atom is 0.297 e. The Labute approximate surface area is 108 Å². The van der Waals surface area contributed by atoms with E-state index in [0.717, 1.165) is 5.56 Å². The fourth-order valence-corrected chi connectivity index (χ4v) is 2.32. The molecule has 0 saturated heterocycles. The second kappa shape index (κ2) is 6.11. The molecule has 0 aliphatic carbocycles. The van der Waals surface area contributed by atoms with Crippen LogP contribution in [0.1, 0.15) is 25.8 Å². The average molecular weight is 270 g/mol. The van der Waals surface area contributed by atoms with Crippen LogP contribution in [0.15, 0.2) is 29.2 Å². The van der Waals surface area contributed by atoms with E-state index in [1.165, 1.54) is 12.1 Å². The predicted octanol–water partition coefficient (Wildman–Crippen LogP) is 2.32. The Kier molecular flexibility index (Phi) is 5.04. The molecule has 0 N–H and O–H groups in total. The zero-order chi connectivity index (χ0) is 13.8. The Morgan fingerprint density at radius 1 is 1.22 bits per heavy atom. The van der Waals surface area contributed by atoms with Gasteiger partial charge in [-0.3, -0.25) is 8.98 Å². The lowest BCUT2D eigenvalue weighted by atomic mass is 10.1. The Bertz CT molecular complexity index is 500. The lowest BCUT2D eigenvalue weighted by Gasteiger charge is -2.06. The van der Waals surface area contributed by atoms with Crippen molar-refractivity contribution in [3.05, 3.63) is 29.8 Å². The smallest absolute Gasteiger partial charge is 0.297 e. The number of Topliss-reactive ketones (excluding diaryl/α,β-unsaturated/α-hetero) is 1. The van der Waals surface area contributed by atoms with E-state index in [2.05, 4.69) is 0 Å². The lowest BCUT2D eigenvalue weighted by Crippen LogP contribution is -2.15. The first-order valence-corrected chi connectivity index (χ1v) is 7.20. The Hall–Kier alpha value is -1.20. The zero-order valence-corrected chi connectivity index (χ0v) is 11.7. The van der Waals surface area contributed by atoms with Crippen LogP contribution in [0.25, 0.3) is 0 Å². The Morgan fingerprint density at radius 2 is 1.78 bits per heavy atom. The van der Waals surface area contributed by atoms with E-state index in [1.807, 2.05) is 20.8 Å². The van der Waals surface area contributed by atoms with Crippen molar-refractivity contribution in [2.45, 2.75) is 32.1 Å². The van der Waals surface area contributed by atoms with E-state index < -0.39 is 16.7 Å². The van der Waals surface area contributed by atoms with Gasteiger partial charge in [-0.25, -0.2) is 0 Å². The van der Waals surface area contributed by atoms with Gasteiger partial charge in [0.2, 0.25) is 0 Å². The lowest BCUT2D eigenvalue weighted by molar-refractivity contribution is -0.121. The van der Waals surface area contributed by atoms with E-state index in [1.54, 1.807) is 12.1 Å². The molecule has 0 atom stereocenters. The molecule has 4 nitrogen and oxygen atoms in total. The molecule has 0 saturated carbocycles. The minimum absolute atomic E-state index is 0.0745. The van der Waals surface area contributed by atoms with Crippen LogP contribution in [0.3, 0.4) is 0 Å². The molecule has 0 bridgehead atoms. The van der Waals surface area contributed by atoms with Gasteiger partial charge >= 0.3 is 0 Å². The molecular weight excluding hydrogens is 252 g/mol. The minimum Gasteiger partial charge on any atom is -0.297 e.